The molecule has 0 atom stereocenters. The molecule has 0 bridgehead atoms. The molecule has 19 heavy (non-hydrogen) atoms. The van der Waals surface area contributed by atoms with Crippen LogP contribution in [0.15, 0.2) is 34.2 Å². The SMILES string of the molecule is COCCSc1nc2ccccc2c(=O)n1C1CC1. The van der Waals surface area contributed by atoms with Gasteiger partial charge in [0, 0.05) is 18.9 Å². The molecule has 0 saturated heterocycles. The van der Waals surface area contributed by atoms with Crippen LogP contribution in [0, 0.1) is 0 Å². The van der Waals surface area contributed by atoms with Crippen LogP contribution < -0.4 is 5.56 Å². The van der Waals surface area contributed by atoms with Gasteiger partial charge in [0.1, 0.15) is 0 Å². The summed E-state index contributed by atoms with van der Waals surface area (Å²) in [5, 5.41) is 1.54. The Hall–Kier alpha value is -1.33. The van der Waals surface area contributed by atoms with E-state index in [0.717, 1.165) is 29.3 Å². The maximum atomic E-state index is 12.5. The van der Waals surface area contributed by atoms with E-state index in [9.17, 15) is 4.79 Å². The maximum absolute atomic E-state index is 12.5. The zero-order valence-corrected chi connectivity index (χ0v) is 11.7. The van der Waals surface area contributed by atoms with E-state index in [2.05, 4.69) is 4.98 Å². The average Bonchev–Trinajstić information content (AvgIpc) is 3.24. The third-order valence-electron chi connectivity index (χ3n) is 3.21. The van der Waals surface area contributed by atoms with E-state index in [0.29, 0.717) is 18.0 Å². The van der Waals surface area contributed by atoms with Gasteiger partial charge in [0.05, 0.1) is 17.5 Å². The van der Waals surface area contributed by atoms with Gasteiger partial charge in [-0.15, -0.1) is 0 Å². The Morgan fingerprint density at radius 1 is 1.42 bits per heavy atom. The molecule has 1 aromatic carbocycles. The number of hydrogen-bond acceptors (Lipinski definition) is 4. The van der Waals surface area contributed by atoms with Gasteiger partial charge in [-0.05, 0) is 25.0 Å². The summed E-state index contributed by atoms with van der Waals surface area (Å²) < 4.78 is 6.93. The van der Waals surface area contributed by atoms with Crippen LogP contribution in [-0.2, 0) is 4.74 Å². The number of rotatable bonds is 5. The van der Waals surface area contributed by atoms with E-state index in [4.69, 9.17) is 4.74 Å². The smallest absolute Gasteiger partial charge is 0.262 e. The molecular weight excluding hydrogens is 260 g/mol. The van der Waals surface area contributed by atoms with Gasteiger partial charge >= 0.3 is 0 Å². The molecule has 1 fully saturated rings. The summed E-state index contributed by atoms with van der Waals surface area (Å²) >= 11 is 1.60. The normalized spacial score (nSPS) is 15.0. The minimum atomic E-state index is 0.0908. The molecule has 100 valence electrons. The molecular formula is C14H16N2O2S. The van der Waals surface area contributed by atoms with Crippen LogP contribution in [0.3, 0.4) is 0 Å². The van der Waals surface area contributed by atoms with Gasteiger partial charge in [0.25, 0.3) is 5.56 Å². The largest absolute Gasteiger partial charge is 0.384 e. The molecule has 1 saturated carbocycles. The summed E-state index contributed by atoms with van der Waals surface area (Å²) in [5.41, 5.74) is 0.873. The van der Waals surface area contributed by atoms with E-state index in [1.165, 1.54) is 0 Å². The van der Waals surface area contributed by atoms with E-state index >= 15 is 0 Å². The van der Waals surface area contributed by atoms with Gasteiger partial charge < -0.3 is 4.74 Å². The highest BCUT2D eigenvalue weighted by Gasteiger charge is 2.28. The molecule has 1 aliphatic carbocycles. The highest BCUT2D eigenvalue weighted by Crippen LogP contribution is 2.36. The number of thioether (sulfide) groups is 1. The molecule has 2 aromatic rings. The Morgan fingerprint density at radius 2 is 2.21 bits per heavy atom. The quantitative estimate of drug-likeness (QED) is 0.478. The minimum absolute atomic E-state index is 0.0908. The fourth-order valence-electron chi connectivity index (χ4n) is 2.10. The fraction of sp³-hybridized carbons (Fsp3) is 0.429. The first-order valence-corrected chi connectivity index (χ1v) is 7.43. The second-order valence-corrected chi connectivity index (χ2v) is 5.72. The Kier molecular flexibility index (Phi) is 3.57. The summed E-state index contributed by atoms with van der Waals surface area (Å²) in [4.78, 5) is 17.2. The zero-order chi connectivity index (χ0) is 13.2. The van der Waals surface area contributed by atoms with Crippen LogP contribution >= 0.6 is 11.8 Å². The van der Waals surface area contributed by atoms with Crippen molar-refractivity contribution in [2.45, 2.75) is 24.0 Å². The zero-order valence-electron chi connectivity index (χ0n) is 10.8. The van der Waals surface area contributed by atoms with Crippen LogP contribution in [-0.4, -0.2) is 29.0 Å². The Balaban J connectivity index is 2.07. The topological polar surface area (TPSA) is 44.1 Å². The molecule has 0 amide bonds. The number of nitrogens with zero attached hydrogens (tertiary/aromatic N) is 2. The number of aromatic nitrogens is 2. The van der Waals surface area contributed by atoms with E-state index in [-0.39, 0.29) is 5.56 Å². The number of hydrogen-bond donors (Lipinski definition) is 0. The highest BCUT2D eigenvalue weighted by atomic mass is 32.2. The van der Waals surface area contributed by atoms with Crippen molar-refractivity contribution in [1.82, 2.24) is 9.55 Å². The van der Waals surface area contributed by atoms with Crippen LogP contribution in [0.1, 0.15) is 18.9 Å². The number of methoxy groups -OCH3 is 1. The molecule has 3 rings (SSSR count). The lowest BCUT2D eigenvalue weighted by Gasteiger charge is -2.11. The number of para-hydroxylation sites is 1. The number of ether oxygens (including phenoxy) is 1. The summed E-state index contributed by atoms with van der Waals surface area (Å²) in [6, 6.07) is 7.90. The predicted octanol–water partition coefficient (Wildman–Crippen LogP) is 2.47. The second kappa shape index (κ2) is 5.35. The molecule has 1 aliphatic rings. The van der Waals surface area contributed by atoms with Crippen LogP contribution in [0.4, 0.5) is 0 Å². The molecule has 4 nitrogen and oxygen atoms in total. The second-order valence-electron chi connectivity index (χ2n) is 4.66. The predicted molar refractivity (Wildman–Crippen MR) is 76.9 cm³/mol. The van der Waals surface area contributed by atoms with Gasteiger partial charge in [-0.2, -0.15) is 0 Å². The molecule has 0 unspecified atom stereocenters. The van der Waals surface area contributed by atoms with E-state index in [1.54, 1.807) is 18.9 Å². The van der Waals surface area contributed by atoms with Crippen molar-refractivity contribution >= 4 is 22.7 Å². The van der Waals surface area contributed by atoms with Crippen LogP contribution in [0.2, 0.25) is 0 Å². The van der Waals surface area contributed by atoms with Crippen molar-refractivity contribution in [3.8, 4) is 0 Å². The highest BCUT2D eigenvalue weighted by molar-refractivity contribution is 7.99. The van der Waals surface area contributed by atoms with Gasteiger partial charge in [0.2, 0.25) is 0 Å². The standard InChI is InChI=1S/C14H16N2O2S/c1-18-8-9-19-14-15-12-5-3-2-4-11(12)13(17)16(14)10-6-7-10/h2-5,10H,6-9H2,1H3. The summed E-state index contributed by atoms with van der Waals surface area (Å²) in [6.45, 7) is 0.665. The lowest BCUT2D eigenvalue weighted by atomic mass is 10.2. The lowest BCUT2D eigenvalue weighted by molar-refractivity contribution is 0.218. The third kappa shape index (κ3) is 2.53. The van der Waals surface area contributed by atoms with Gasteiger partial charge in [0.15, 0.2) is 5.16 Å². The Morgan fingerprint density at radius 3 is 2.95 bits per heavy atom. The van der Waals surface area contributed by atoms with Crippen molar-refractivity contribution < 1.29 is 4.74 Å². The Bertz CT molecular complexity index is 649. The van der Waals surface area contributed by atoms with Crippen molar-refractivity contribution in [1.29, 1.82) is 0 Å². The fourth-order valence-corrected chi connectivity index (χ4v) is 3.06. The van der Waals surface area contributed by atoms with Gasteiger partial charge in [-0.25, -0.2) is 4.98 Å². The van der Waals surface area contributed by atoms with E-state index in [1.807, 2.05) is 28.8 Å². The molecule has 0 radical (unpaired) electrons. The molecule has 0 spiro atoms. The summed E-state index contributed by atoms with van der Waals surface area (Å²) in [7, 11) is 1.68. The number of benzene rings is 1. The summed E-state index contributed by atoms with van der Waals surface area (Å²) in [5.74, 6) is 0.813. The molecule has 1 heterocycles. The van der Waals surface area contributed by atoms with Crippen molar-refractivity contribution in [3.63, 3.8) is 0 Å². The molecule has 0 N–H and O–H groups in total. The average molecular weight is 276 g/mol. The molecule has 5 heteroatoms. The summed E-state index contributed by atoms with van der Waals surface area (Å²) in [6.07, 6.45) is 2.16. The van der Waals surface area contributed by atoms with Crippen LogP contribution in [0.5, 0.6) is 0 Å². The van der Waals surface area contributed by atoms with Crippen LogP contribution in [0.25, 0.3) is 10.9 Å². The monoisotopic (exact) mass is 276 g/mol. The Labute approximate surface area is 115 Å². The van der Waals surface area contributed by atoms with Crippen molar-refractivity contribution in [2.24, 2.45) is 0 Å². The van der Waals surface area contributed by atoms with E-state index < -0.39 is 0 Å². The van der Waals surface area contributed by atoms with Gasteiger partial charge in [-0.3, -0.25) is 9.36 Å². The van der Waals surface area contributed by atoms with Gasteiger partial charge in [-0.1, -0.05) is 23.9 Å². The number of fused-ring (bicyclic) bond motifs is 1. The first-order valence-electron chi connectivity index (χ1n) is 6.44. The van der Waals surface area contributed by atoms with Crippen molar-refractivity contribution in [3.05, 3.63) is 34.6 Å². The third-order valence-corrected chi connectivity index (χ3v) is 4.12. The van der Waals surface area contributed by atoms with Crippen molar-refractivity contribution in [2.75, 3.05) is 19.5 Å². The lowest BCUT2D eigenvalue weighted by Crippen LogP contribution is -2.22. The first-order chi connectivity index (χ1) is 9.31. The minimum Gasteiger partial charge on any atom is -0.384 e. The maximum Gasteiger partial charge on any atom is 0.262 e. The first kappa shape index (κ1) is 12.7. The molecule has 0 aliphatic heterocycles. The molecule has 1 aromatic heterocycles.